The fraction of sp³-hybridized carbons (Fsp3) is 0.345. The van der Waals surface area contributed by atoms with Crippen molar-refractivity contribution >= 4 is 17.5 Å². The van der Waals surface area contributed by atoms with Crippen molar-refractivity contribution in [1.82, 2.24) is 9.80 Å². The van der Waals surface area contributed by atoms with Crippen LogP contribution in [0.25, 0.3) is 0 Å². The van der Waals surface area contributed by atoms with Crippen LogP contribution in [-0.2, 0) is 12.7 Å². The first-order valence-electron chi connectivity index (χ1n) is 12.2. The molecule has 1 saturated heterocycles. The second-order valence-electron chi connectivity index (χ2n) is 9.87. The maximum Gasteiger partial charge on any atom is 0.416 e. The van der Waals surface area contributed by atoms with Crippen molar-refractivity contribution in [1.29, 1.82) is 0 Å². The molecule has 4 rings (SSSR count). The van der Waals surface area contributed by atoms with Gasteiger partial charge in [-0.25, -0.2) is 4.39 Å². The molecule has 0 radical (unpaired) electrons. The minimum absolute atomic E-state index is 0.0948. The van der Waals surface area contributed by atoms with Gasteiger partial charge in [0.15, 0.2) is 0 Å². The fourth-order valence-corrected chi connectivity index (χ4v) is 5.11. The molecule has 1 fully saturated rings. The molecule has 0 saturated carbocycles. The summed E-state index contributed by atoms with van der Waals surface area (Å²) in [6, 6.07) is 18.3. The van der Waals surface area contributed by atoms with E-state index in [1.165, 1.54) is 36.4 Å². The molecule has 0 unspecified atom stereocenters. The number of alkyl halides is 3. The third kappa shape index (κ3) is 6.70. The number of halogens is 5. The maximum absolute atomic E-state index is 13.5. The molecule has 1 aliphatic heterocycles. The number of rotatable bonds is 7. The lowest BCUT2D eigenvalue weighted by atomic mass is 9.87. The summed E-state index contributed by atoms with van der Waals surface area (Å²) in [6.45, 7) is 5.97. The van der Waals surface area contributed by atoms with E-state index >= 15 is 0 Å². The van der Waals surface area contributed by atoms with Gasteiger partial charge in [0, 0.05) is 48.7 Å². The van der Waals surface area contributed by atoms with E-state index in [9.17, 15) is 22.4 Å². The highest BCUT2D eigenvalue weighted by atomic mass is 35.5. The van der Waals surface area contributed by atoms with Gasteiger partial charge in [-0.3, -0.25) is 9.69 Å². The Balaban J connectivity index is 1.62. The number of hydrogen-bond donors (Lipinski definition) is 0. The van der Waals surface area contributed by atoms with Gasteiger partial charge in [-0.15, -0.1) is 0 Å². The average molecular weight is 533 g/mol. The summed E-state index contributed by atoms with van der Waals surface area (Å²) in [6.07, 6.45) is -4.43. The van der Waals surface area contributed by atoms with Crippen molar-refractivity contribution in [2.75, 3.05) is 19.6 Å². The quantitative estimate of drug-likeness (QED) is 0.299. The molecule has 3 aromatic rings. The molecule has 0 aliphatic carbocycles. The van der Waals surface area contributed by atoms with E-state index in [1.54, 1.807) is 11.0 Å². The first kappa shape index (κ1) is 27.1. The van der Waals surface area contributed by atoms with Gasteiger partial charge >= 0.3 is 6.18 Å². The largest absolute Gasteiger partial charge is 0.416 e. The van der Waals surface area contributed by atoms with E-state index in [2.05, 4.69) is 4.90 Å². The second-order valence-corrected chi connectivity index (χ2v) is 10.3. The Morgan fingerprint density at radius 2 is 1.70 bits per heavy atom. The lowest BCUT2D eigenvalue weighted by Crippen LogP contribution is -2.42. The van der Waals surface area contributed by atoms with Crippen molar-refractivity contribution in [2.24, 2.45) is 5.92 Å². The van der Waals surface area contributed by atoms with Crippen LogP contribution in [-0.4, -0.2) is 41.4 Å². The van der Waals surface area contributed by atoms with Gasteiger partial charge in [-0.05, 0) is 73.4 Å². The maximum atomic E-state index is 13.5. The molecular formula is C29H29ClF4N2O. The van der Waals surface area contributed by atoms with E-state index in [0.717, 1.165) is 11.6 Å². The Hall–Kier alpha value is -2.90. The van der Waals surface area contributed by atoms with Crippen molar-refractivity contribution in [3.63, 3.8) is 0 Å². The van der Waals surface area contributed by atoms with Gasteiger partial charge in [-0.1, -0.05) is 41.9 Å². The topological polar surface area (TPSA) is 23.6 Å². The summed E-state index contributed by atoms with van der Waals surface area (Å²) in [4.78, 5) is 17.3. The molecule has 196 valence electrons. The lowest BCUT2D eigenvalue weighted by molar-refractivity contribution is -0.137. The van der Waals surface area contributed by atoms with E-state index in [0.29, 0.717) is 42.3 Å². The highest BCUT2D eigenvalue weighted by Gasteiger charge is 2.38. The van der Waals surface area contributed by atoms with E-state index in [1.807, 2.05) is 38.1 Å². The Morgan fingerprint density at radius 1 is 1.03 bits per heavy atom. The zero-order valence-electron chi connectivity index (χ0n) is 20.7. The van der Waals surface area contributed by atoms with Gasteiger partial charge in [0.05, 0.1) is 5.56 Å². The highest BCUT2D eigenvalue weighted by Crippen LogP contribution is 2.38. The minimum Gasteiger partial charge on any atom is -0.336 e. The number of carbonyl (C=O) groups is 1. The third-order valence-corrected chi connectivity index (χ3v) is 7.14. The van der Waals surface area contributed by atoms with Crippen LogP contribution < -0.4 is 0 Å². The summed E-state index contributed by atoms with van der Waals surface area (Å²) in [5, 5.41) is 0.636. The monoisotopic (exact) mass is 532 g/mol. The fourth-order valence-electron chi connectivity index (χ4n) is 4.99. The molecule has 37 heavy (non-hydrogen) atoms. The lowest BCUT2D eigenvalue weighted by Gasteiger charge is -2.32. The van der Waals surface area contributed by atoms with Gasteiger partial charge in [0.1, 0.15) is 5.82 Å². The Kier molecular flexibility index (Phi) is 8.24. The molecule has 0 aromatic heterocycles. The smallest absolute Gasteiger partial charge is 0.336 e. The number of carbonyl (C=O) groups excluding carboxylic acids is 1. The molecule has 0 bridgehead atoms. The Bertz CT molecular complexity index is 1210. The Morgan fingerprint density at radius 3 is 2.32 bits per heavy atom. The zero-order valence-corrected chi connectivity index (χ0v) is 21.4. The average Bonchev–Trinajstić information content (AvgIpc) is 3.25. The van der Waals surface area contributed by atoms with Crippen LogP contribution in [0.1, 0.15) is 46.8 Å². The molecule has 3 nitrogen and oxygen atoms in total. The predicted molar refractivity (Wildman–Crippen MR) is 137 cm³/mol. The second kappa shape index (κ2) is 11.2. The number of hydrogen-bond acceptors (Lipinski definition) is 2. The van der Waals surface area contributed by atoms with Crippen LogP contribution >= 0.6 is 11.6 Å². The van der Waals surface area contributed by atoms with E-state index in [-0.39, 0.29) is 23.8 Å². The van der Waals surface area contributed by atoms with Crippen LogP contribution in [0.2, 0.25) is 5.02 Å². The predicted octanol–water partition coefficient (Wildman–Crippen LogP) is 7.26. The first-order chi connectivity index (χ1) is 17.5. The summed E-state index contributed by atoms with van der Waals surface area (Å²) in [5.74, 6) is -0.945. The molecular weight excluding hydrogens is 504 g/mol. The highest BCUT2D eigenvalue weighted by molar-refractivity contribution is 6.30. The van der Waals surface area contributed by atoms with Crippen LogP contribution in [0.4, 0.5) is 17.6 Å². The standard InChI is InChI=1S/C29H29ClF4N2O/c1-19(2)36(28(37)21-8-12-26(31)13-9-21)17-23-16-35(15-20-6-10-25(30)11-7-20)18-27(23)22-4-3-5-24(14-22)29(32,33)34/h3-14,19,23,27H,15-18H2,1-2H3/t23-,27-/m1/s1. The van der Waals surface area contributed by atoms with Crippen LogP contribution in [0.3, 0.4) is 0 Å². The van der Waals surface area contributed by atoms with Gasteiger partial charge in [0.25, 0.3) is 5.91 Å². The summed E-state index contributed by atoms with van der Waals surface area (Å²) in [5.41, 5.74) is 1.36. The normalized spacial score (nSPS) is 18.4. The van der Waals surface area contributed by atoms with Gasteiger partial charge in [0.2, 0.25) is 0 Å². The summed E-state index contributed by atoms with van der Waals surface area (Å²) in [7, 11) is 0. The van der Waals surface area contributed by atoms with Crippen molar-refractivity contribution < 1.29 is 22.4 Å². The number of amides is 1. The molecule has 3 aromatic carbocycles. The number of benzene rings is 3. The first-order valence-corrected chi connectivity index (χ1v) is 12.6. The molecule has 0 spiro atoms. The minimum atomic E-state index is -4.43. The molecule has 1 heterocycles. The molecule has 8 heteroatoms. The van der Waals surface area contributed by atoms with Gasteiger partial charge in [-0.2, -0.15) is 13.2 Å². The van der Waals surface area contributed by atoms with E-state index in [4.69, 9.17) is 11.6 Å². The third-order valence-electron chi connectivity index (χ3n) is 6.88. The number of nitrogens with zero attached hydrogens (tertiary/aromatic N) is 2. The SMILES string of the molecule is CC(C)N(C[C@H]1CN(Cc2ccc(Cl)cc2)C[C@@H]1c1cccc(C(F)(F)F)c1)C(=O)c1ccc(F)cc1. The zero-order chi connectivity index (χ0) is 26.7. The molecule has 0 N–H and O–H groups in total. The van der Waals surface area contributed by atoms with Crippen LogP contribution in [0.5, 0.6) is 0 Å². The Labute approximate surface area is 219 Å². The summed E-state index contributed by atoms with van der Waals surface area (Å²) >= 11 is 6.02. The van der Waals surface area contributed by atoms with Crippen LogP contribution in [0, 0.1) is 11.7 Å². The molecule has 1 aliphatic rings. The van der Waals surface area contributed by atoms with Crippen molar-refractivity contribution in [3.05, 3.63) is 106 Å². The molecule has 2 atom stereocenters. The number of likely N-dealkylation sites (tertiary alicyclic amines) is 1. The summed E-state index contributed by atoms with van der Waals surface area (Å²) < 4.78 is 53.9. The van der Waals surface area contributed by atoms with Crippen molar-refractivity contribution in [3.8, 4) is 0 Å². The van der Waals surface area contributed by atoms with E-state index < -0.39 is 17.6 Å². The van der Waals surface area contributed by atoms with Gasteiger partial charge < -0.3 is 4.90 Å². The van der Waals surface area contributed by atoms with Crippen molar-refractivity contribution in [2.45, 2.75) is 38.5 Å². The molecule has 1 amide bonds. The van der Waals surface area contributed by atoms with Crippen LogP contribution in [0.15, 0.2) is 72.8 Å².